The largest absolute Gasteiger partial charge is 0.479 e. The van der Waals surface area contributed by atoms with Gasteiger partial charge in [0, 0.05) is 19.3 Å². The topological polar surface area (TPSA) is 175 Å². The maximum absolute atomic E-state index is 13.2. The second-order valence-corrected chi connectivity index (χ2v) is 20.9. The number of hydrogen-bond acceptors (Lipinski definition) is 11. The summed E-state index contributed by atoms with van der Waals surface area (Å²) in [6.45, 7) is 5.79. The van der Waals surface area contributed by atoms with E-state index in [0.717, 1.165) is 103 Å². The van der Waals surface area contributed by atoms with E-state index < -0.39 is 67.3 Å². The van der Waals surface area contributed by atoms with Crippen LogP contribution in [0.3, 0.4) is 0 Å². The molecule has 1 saturated heterocycles. The average molecular weight is 1110 g/mol. The van der Waals surface area contributed by atoms with E-state index in [1.165, 1.54) is 83.5 Å². The van der Waals surface area contributed by atoms with Crippen molar-refractivity contribution in [1.82, 2.24) is 0 Å². The molecule has 1 heterocycles. The number of carboxylic acids is 1. The predicted octanol–water partition coefficient (Wildman–Crippen LogP) is 16.5. The lowest BCUT2D eigenvalue weighted by Crippen LogP contribution is -2.61. The molecule has 12 nitrogen and oxygen atoms in total. The standard InChI is InChI=1S/C67H110O12/c1-4-7-10-13-16-19-22-25-27-29-30-32-33-36-38-41-44-47-50-53-59(68)75-56-58(77-60(69)54-51-48-45-42-40-37-34-31-28-26-23-20-17-14-11-8-5-2)57-76-67-65(63(72)62(71)64(79-67)66(73)74)78-61(70)55-52-49-46-43-39-35-24-21-18-15-12-9-6-3/h8,11,16-17,19-21,24-28,34,37,42,45,58,62-65,67,71-72H,4-7,9-10,12-15,18,22-23,29-33,35-36,38-41,43-44,46-57H2,1-3H3,(H,73,74)/b11-8-,19-16-,20-17-,24-21-,27-25-,28-26-,37-34-,45-42-. The van der Waals surface area contributed by atoms with Gasteiger partial charge in [0.05, 0.1) is 6.61 Å². The third-order valence-electron chi connectivity index (χ3n) is 13.6. The fourth-order valence-electron chi connectivity index (χ4n) is 8.84. The van der Waals surface area contributed by atoms with Crippen molar-refractivity contribution in [3.8, 4) is 0 Å². The van der Waals surface area contributed by atoms with Crippen LogP contribution in [0.5, 0.6) is 0 Å². The number of ether oxygens (including phenoxy) is 5. The molecule has 0 amide bonds. The number of esters is 3. The predicted molar refractivity (Wildman–Crippen MR) is 321 cm³/mol. The highest BCUT2D eigenvalue weighted by Crippen LogP contribution is 2.26. The highest BCUT2D eigenvalue weighted by Gasteiger charge is 2.50. The summed E-state index contributed by atoms with van der Waals surface area (Å²) in [7, 11) is 0. The Morgan fingerprint density at radius 2 is 0.810 bits per heavy atom. The Labute approximate surface area is 479 Å². The van der Waals surface area contributed by atoms with Crippen LogP contribution in [0.1, 0.15) is 252 Å². The molecule has 1 aliphatic rings. The van der Waals surface area contributed by atoms with Gasteiger partial charge in [-0.3, -0.25) is 14.4 Å². The average Bonchev–Trinajstić information content (AvgIpc) is 3.46. The van der Waals surface area contributed by atoms with Crippen LogP contribution in [0.15, 0.2) is 97.2 Å². The molecule has 1 rings (SSSR count). The van der Waals surface area contributed by atoms with E-state index in [2.05, 4.69) is 106 Å². The second-order valence-electron chi connectivity index (χ2n) is 20.9. The van der Waals surface area contributed by atoms with E-state index in [4.69, 9.17) is 23.7 Å². The molecule has 1 aliphatic heterocycles. The maximum Gasteiger partial charge on any atom is 0.335 e. The van der Waals surface area contributed by atoms with Gasteiger partial charge in [0.15, 0.2) is 24.6 Å². The lowest BCUT2D eigenvalue weighted by molar-refractivity contribution is -0.301. The van der Waals surface area contributed by atoms with Crippen LogP contribution in [-0.2, 0) is 42.9 Å². The maximum atomic E-state index is 13.2. The van der Waals surface area contributed by atoms with Crippen LogP contribution in [0.2, 0.25) is 0 Å². The van der Waals surface area contributed by atoms with Crippen LogP contribution in [0.4, 0.5) is 0 Å². The molecule has 12 heteroatoms. The van der Waals surface area contributed by atoms with E-state index in [1.54, 1.807) is 0 Å². The van der Waals surface area contributed by atoms with Gasteiger partial charge >= 0.3 is 23.9 Å². The summed E-state index contributed by atoms with van der Waals surface area (Å²) in [4.78, 5) is 51.2. The zero-order valence-corrected chi connectivity index (χ0v) is 49.6. The first-order valence-corrected chi connectivity index (χ1v) is 31.2. The number of carboxylic acid groups (broad SMARTS) is 1. The zero-order chi connectivity index (χ0) is 57.5. The summed E-state index contributed by atoms with van der Waals surface area (Å²) in [5.41, 5.74) is 0. The molecule has 0 aromatic carbocycles. The third kappa shape index (κ3) is 44.0. The minimum absolute atomic E-state index is 0.0398. The molecule has 1 fully saturated rings. The minimum Gasteiger partial charge on any atom is -0.479 e. The van der Waals surface area contributed by atoms with Gasteiger partial charge in [-0.2, -0.15) is 0 Å². The van der Waals surface area contributed by atoms with Crippen molar-refractivity contribution >= 4 is 23.9 Å². The first-order valence-electron chi connectivity index (χ1n) is 31.2. The van der Waals surface area contributed by atoms with Gasteiger partial charge in [0.25, 0.3) is 0 Å². The van der Waals surface area contributed by atoms with Crippen molar-refractivity contribution < 1.29 is 58.2 Å². The van der Waals surface area contributed by atoms with Gasteiger partial charge in [-0.25, -0.2) is 4.79 Å². The lowest BCUT2D eigenvalue weighted by atomic mass is 9.98. The van der Waals surface area contributed by atoms with E-state index in [0.29, 0.717) is 25.7 Å². The Balaban J connectivity index is 2.71. The fraction of sp³-hybridized carbons (Fsp3) is 0.701. The van der Waals surface area contributed by atoms with Gasteiger partial charge in [-0.15, -0.1) is 0 Å². The second kappa shape index (κ2) is 54.2. The summed E-state index contributed by atoms with van der Waals surface area (Å²) >= 11 is 0. The first kappa shape index (κ1) is 72.7. The number of unbranched alkanes of at least 4 members (excludes halogenated alkanes) is 22. The number of carbonyl (C=O) groups is 4. The lowest BCUT2D eigenvalue weighted by Gasteiger charge is -2.40. The number of rotatable bonds is 52. The molecule has 0 saturated carbocycles. The first-order chi connectivity index (χ1) is 38.6. The van der Waals surface area contributed by atoms with E-state index >= 15 is 0 Å². The van der Waals surface area contributed by atoms with Gasteiger partial charge in [-0.05, 0) is 116 Å². The van der Waals surface area contributed by atoms with E-state index in [9.17, 15) is 34.5 Å². The molecular weight excluding hydrogens is 997 g/mol. The Bertz CT molecular complexity index is 1740. The van der Waals surface area contributed by atoms with E-state index in [1.807, 2.05) is 12.2 Å². The van der Waals surface area contributed by atoms with Crippen LogP contribution in [0.25, 0.3) is 0 Å². The summed E-state index contributed by atoms with van der Waals surface area (Å²) < 4.78 is 28.4. The SMILES string of the molecule is CC/C=C\C/C=C\C/C=C\C/C=C\C/C=C\CCCC(=O)OC(COC(=O)CCCCCCCCCCC/C=C\C/C=C\CCCCC)COC1OC(C(=O)O)C(O)C(O)C1OC(=O)CCCCCCC/C=C\CCCCCC. The Morgan fingerprint density at radius 1 is 0.430 bits per heavy atom. The van der Waals surface area contributed by atoms with Crippen LogP contribution < -0.4 is 0 Å². The molecular formula is C67H110O12. The molecule has 0 radical (unpaired) electrons. The highest BCUT2D eigenvalue weighted by atomic mass is 16.7. The van der Waals surface area contributed by atoms with Gasteiger partial charge in [-0.1, -0.05) is 214 Å². The molecule has 450 valence electrons. The van der Waals surface area contributed by atoms with Crippen molar-refractivity contribution in [2.75, 3.05) is 13.2 Å². The summed E-state index contributed by atoms with van der Waals surface area (Å²) in [5, 5.41) is 31.5. The monoisotopic (exact) mass is 1110 g/mol. The van der Waals surface area contributed by atoms with Crippen molar-refractivity contribution in [1.29, 1.82) is 0 Å². The number of aliphatic carboxylic acids is 1. The summed E-state index contributed by atoms with van der Waals surface area (Å²) in [5.74, 6) is -3.22. The van der Waals surface area contributed by atoms with Crippen LogP contribution >= 0.6 is 0 Å². The highest BCUT2D eigenvalue weighted by molar-refractivity contribution is 5.74. The van der Waals surface area contributed by atoms with Crippen LogP contribution in [0, 0.1) is 0 Å². The Kier molecular flexibility index (Phi) is 49.9. The molecule has 0 aliphatic carbocycles. The number of carbonyl (C=O) groups excluding carboxylic acids is 3. The summed E-state index contributed by atoms with van der Waals surface area (Å²) in [6, 6.07) is 0. The van der Waals surface area contributed by atoms with Crippen molar-refractivity contribution in [3.63, 3.8) is 0 Å². The molecule has 0 spiro atoms. The molecule has 3 N–H and O–H groups in total. The molecule has 0 aromatic rings. The molecule has 0 aromatic heterocycles. The minimum atomic E-state index is -1.92. The van der Waals surface area contributed by atoms with Crippen molar-refractivity contribution in [2.45, 2.75) is 289 Å². The third-order valence-corrected chi connectivity index (χ3v) is 13.6. The summed E-state index contributed by atoms with van der Waals surface area (Å²) in [6.07, 6.45) is 59.5. The Hall–Kier alpha value is -4.36. The molecule has 0 bridgehead atoms. The number of aliphatic hydroxyl groups is 2. The van der Waals surface area contributed by atoms with Gasteiger partial charge in [0.1, 0.15) is 18.8 Å². The molecule has 6 atom stereocenters. The van der Waals surface area contributed by atoms with Crippen molar-refractivity contribution in [3.05, 3.63) is 97.2 Å². The number of allylic oxidation sites excluding steroid dienone is 16. The smallest absolute Gasteiger partial charge is 0.335 e. The number of hydrogen-bond donors (Lipinski definition) is 3. The quantitative estimate of drug-likeness (QED) is 0.0228. The van der Waals surface area contributed by atoms with E-state index in [-0.39, 0.29) is 25.9 Å². The fourth-order valence-corrected chi connectivity index (χ4v) is 8.84. The zero-order valence-electron chi connectivity index (χ0n) is 49.6. The Morgan fingerprint density at radius 3 is 1.29 bits per heavy atom. The van der Waals surface area contributed by atoms with Crippen LogP contribution in [-0.4, -0.2) is 89.2 Å². The molecule has 79 heavy (non-hydrogen) atoms. The van der Waals surface area contributed by atoms with Crippen molar-refractivity contribution in [2.24, 2.45) is 0 Å². The number of aliphatic hydroxyl groups excluding tert-OH is 2. The normalized spacial score (nSPS) is 18.5. The molecule has 6 unspecified atom stereocenters. The van der Waals surface area contributed by atoms with Gasteiger partial charge < -0.3 is 39.0 Å². The van der Waals surface area contributed by atoms with Gasteiger partial charge in [0.2, 0.25) is 0 Å².